The van der Waals surface area contributed by atoms with Gasteiger partial charge in [0.15, 0.2) is 5.82 Å². The average molecular weight is 226 g/mol. The van der Waals surface area contributed by atoms with Gasteiger partial charge in [-0.15, -0.1) is 0 Å². The average Bonchev–Trinajstić information content (AvgIpc) is 3.15. The summed E-state index contributed by atoms with van der Waals surface area (Å²) in [6.45, 7) is 2.89. The van der Waals surface area contributed by atoms with Crippen LogP contribution >= 0.6 is 0 Å². The highest BCUT2D eigenvalue weighted by Crippen LogP contribution is 2.19. The van der Waals surface area contributed by atoms with Crippen molar-refractivity contribution in [1.29, 1.82) is 0 Å². The van der Waals surface area contributed by atoms with Crippen molar-refractivity contribution < 1.29 is 4.74 Å². The lowest BCUT2D eigenvalue weighted by atomic mass is 10.1. The second-order valence-corrected chi connectivity index (χ2v) is 4.44. The minimum Gasteiger partial charge on any atom is -0.373 e. The number of aromatic nitrogens is 2. The first-order valence-electron chi connectivity index (χ1n) is 5.81. The Morgan fingerprint density at radius 3 is 2.41 bits per heavy atom. The molecule has 1 aromatic carbocycles. The third-order valence-corrected chi connectivity index (χ3v) is 2.86. The molecule has 3 nitrogen and oxygen atoms in total. The summed E-state index contributed by atoms with van der Waals surface area (Å²) < 4.78 is 5.22. The van der Waals surface area contributed by atoms with Crippen LogP contribution < -0.4 is 0 Å². The molecule has 0 saturated carbocycles. The van der Waals surface area contributed by atoms with Gasteiger partial charge in [-0.25, -0.2) is 9.97 Å². The number of benzene rings is 1. The van der Waals surface area contributed by atoms with E-state index in [9.17, 15) is 0 Å². The number of nitrogens with zero attached hydrogens (tertiary/aromatic N) is 2. The van der Waals surface area contributed by atoms with E-state index in [-0.39, 0.29) is 0 Å². The molecule has 86 valence electrons. The zero-order chi connectivity index (χ0) is 11.7. The number of rotatable bonds is 3. The van der Waals surface area contributed by atoms with Crippen LogP contribution in [0.3, 0.4) is 0 Å². The summed E-state index contributed by atoms with van der Waals surface area (Å²) in [5.41, 5.74) is 3.45. The molecule has 0 aliphatic carbocycles. The molecule has 1 saturated heterocycles. The molecule has 0 radical (unpaired) electrons. The van der Waals surface area contributed by atoms with Crippen molar-refractivity contribution in [2.24, 2.45) is 0 Å². The van der Waals surface area contributed by atoms with Crippen LogP contribution in [0.1, 0.15) is 11.1 Å². The highest BCUT2D eigenvalue weighted by molar-refractivity contribution is 5.55. The molecule has 1 aliphatic rings. The van der Waals surface area contributed by atoms with E-state index in [2.05, 4.69) is 34.2 Å². The summed E-state index contributed by atoms with van der Waals surface area (Å²) in [5.74, 6) is 0.782. The van der Waals surface area contributed by atoms with Crippen molar-refractivity contribution in [3.05, 3.63) is 47.8 Å². The molecule has 1 unspecified atom stereocenters. The molecule has 0 amide bonds. The van der Waals surface area contributed by atoms with Gasteiger partial charge >= 0.3 is 0 Å². The van der Waals surface area contributed by atoms with E-state index in [1.165, 1.54) is 5.56 Å². The van der Waals surface area contributed by atoms with E-state index < -0.39 is 0 Å². The quantitative estimate of drug-likeness (QED) is 0.754. The lowest BCUT2D eigenvalue weighted by Gasteiger charge is -2.02. The van der Waals surface area contributed by atoms with E-state index in [1.807, 2.05) is 19.3 Å². The monoisotopic (exact) mass is 226 g/mol. The van der Waals surface area contributed by atoms with E-state index in [1.54, 1.807) is 0 Å². The van der Waals surface area contributed by atoms with Crippen molar-refractivity contribution in [2.75, 3.05) is 6.61 Å². The molecule has 1 aliphatic heterocycles. The van der Waals surface area contributed by atoms with E-state index in [0.717, 1.165) is 30.0 Å². The van der Waals surface area contributed by atoms with Gasteiger partial charge in [0, 0.05) is 24.4 Å². The Bertz CT molecular complexity index is 501. The van der Waals surface area contributed by atoms with Crippen molar-refractivity contribution in [3.63, 3.8) is 0 Å². The Hall–Kier alpha value is -1.74. The predicted octanol–water partition coefficient (Wildman–Crippen LogP) is 2.39. The predicted molar refractivity (Wildman–Crippen MR) is 65.6 cm³/mol. The SMILES string of the molecule is Cc1cnc(-c2ccc(CC3CO3)cc2)nc1. The molecule has 17 heavy (non-hydrogen) atoms. The smallest absolute Gasteiger partial charge is 0.159 e. The maximum absolute atomic E-state index is 5.22. The third-order valence-electron chi connectivity index (χ3n) is 2.86. The van der Waals surface area contributed by atoms with Crippen molar-refractivity contribution in [2.45, 2.75) is 19.4 Å². The fraction of sp³-hybridized carbons (Fsp3) is 0.286. The van der Waals surface area contributed by atoms with Gasteiger partial charge in [-0.1, -0.05) is 24.3 Å². The van der Waals surface area contributed by atoms with Gasteiger partial charge in [-0.2, -0.15) is 0 Å². The molecular formula is C14H14N2O. The molecule has 3 heteroatoms. The summed E-state index contributed by atoms with van der Waals surface area (Å²) in [5, 5.41) is 0. The lowest BCUT2D eigenvalue weighted by Crippen LogP contribution is -1.93. The zero-order valence-electron chi connectivity index (χ0n) is 9.76. The van der Waals surface area contributed by atoms with Crippen LogP contribution in [0.15, 0.2) is 36.7 Å². The number of ether oxygens (including phenoxy) is 1. The van der Waals surface area contributed by atoms with E-state index in [0.29, 0.717) is 6.10 Å². The summed E-state index contributed by atoms with van der Waals surface area (Å²) in [6, 6.07) is 8.39. The van der Waals surface area contributed by atoms with Crippen molar-refractivity contribution >= 4 is 0 Å². The Morgan fingerprint density at radius 2 is 1.82 bits per heavy atom. The third kappa shape index (κ3) is 2.50. The highest BCUT2D eigenvalue weighted by Gasteiger charge is 2.22. The molecule has 0 bridgehead atoms. The van der Waals surface area contributed by atoms with Crippen LogP contribution in [0.4, 0.5) is 0 Å². The van der Waals surface area contributed by atoms with Crippen molar-refractivity contribution in [1.82, 2.24) is 9.97 Å². The molecule has 2 aromatic rings. The molecule has 1 atom stereocenters. The van der Waals surface area contributed by atoms with Crippen molar-refractivity contribution in [3.8, 4) is 11.4 Å². The van der Waals surface area contributed by atoms with Crippen LogP contribution in [-0.4, -0.2) is 22.7 Å². The fourth-order valence-electron chi connectivity index (χ4n) is 1.78. The fourth-order valence-corrected chi connectivity index (χ4v) is 1.78. The van der Waals surface area contributed by atoms with Crippen LogP contribution in [0.5, 0.6) is 0 Å². The van der Waals surface area contributed by atoms with Gasteiger partial charge in [0.2, 0.25) is 0 Å². The highest BCUT2D eigenvalue weighted by atomic mass is 16.6. The molecular weight excluding hydrogens is 212 g/mol. The number of hydrogen-bond acceptors (Lipinski definition) is 3. The Morgan fingerprint density at radius 1 is 1.18 bits per heavy atom. The zero-order valence-corrected chi connectivity index (χ0v) is 9.76. The lowest BCUT2D eigenvalue weighted by molar-refractivity contribution is 0.407. The summed E-state index contributed by atoms with van der Waals surface area (Å²) >= 11 is 0. The maximum atomic E-state index is 5.22. The second-order valence-electron chi connectivity index (χ2n) is 4.44. The maximum Gasteiger partial charge on any atom is 0.159 e. The molecule has 0 N–H and O–H groups in total. The summed E-state index contributed by atoms with van der Waals surface area (Å²) in [4.78, 5) is 8.63. The van der Waals surface area contributed by atoms with Gasteiger partial charge in [-0.05, 0) is 18.1 Å². The Kier molecular flexibility index (Phi) is 2.61. The van der Waals surface area contributed by atoms with Gasteiger partial charge in [-0.3, -0.25) is 0 Å². The number of aryl methyl sites for hydroxylation is 1. The standard InChI is InChI=1S/C14H14N2O/c1-10-7-15-14(16-8-10)12-4-2-11(3-5-12)6-13-9-17-13/h2-5,7-8,13H,6,9H2,1H3. The van der Waals surface area contributed by atoms with Crippen LogP contribution in [0.25, 0.3) is 11.4 Å². The minimum atomic E-state index is 0.441. The van der Waals surface area contributed by atoms with E-state index >= 15 is 0 Å². The normalized spacial score (nSPS) is 18.1. The van der Waals surface area contributed by atoms with Crippen LogP contribution in [0.2, 0.25) is 0 Å². The first-order chi connectivity index (χ1) is 8.31. The molecule has 1 fully saturated rings. The van der Waals surface area contributed by atoms with Gasteiger partial charge in [0.05, 0.1) is 12.7 Å². The Labute approximate surface area is 100 Å². The molecule has 2 heterocycles. The van der Waals surface area contributed by atoms with Gasteiger partial charge < -0.3 is 4.74 Å². The van der Waals surface area contributed by atoms with Crippen LogP contribution in [-0.2, 0) is 11.2 Å². The molecule has 0 spiro atoms. The molecule has 1 aromatic heterocycles. The van der Waals surface area contributed by atoms with E-state index in [4.69, 9.17) is 4.74 Å². The van der Waals surface area contributed by atoms with Crippen LogP contribution in [0, 0.1) is 6.92 Å². The first-order valence-corrected chi connectivity index (χ1v) is 5.81. The largest absolute Gasteiger partial charge is 0.373 e. The van der Waals surface area contributed by atoms with Gasteiger partial charge in [0.1, 0.15) is 0 Å². The second kappa shape index (κ2) is 4.26. The van der Waals surface area contributed by atoms with Gasteiger partial charge in [0.25, 0.3) is 0 Å². The number of epoxide rings is 1. The molecule has 3 rings (SSSR count). The summed E-state index contributed by atoms with van der Waals surface area (Å²) in [7, 11) is 0. The first kappa shape index (κ1) is 10.4. The topological polar surface area (TPSA) is 38.3 Å². The Balaban J connectivity index is 1.80. The minimum absolute atomic E-state index is 0.441. The number of hydrogen-bond donors (Lipinski definition) is 0. The summed E-state index contributed by atoms with van der Waals surface area (Å²) in [6.07, 6.45) is 5.13.